The molecule has 1 aromatic rings. The Labute approximate surface area is 123 Å². The number of nitrogens with zero attached hydrogens (tertiary/aromatic N) is 2. The van der Waals surface area contributed by atoms with Crippen LogP contribution in [0.3, 0.4) is 0 Å². The average molecular weight is 339 g/mol. The van der Waals surface area contributed by atoms with E-state index in [1.807, 2.05) is 0 Å². The first-order valence-corrected chi connectivity index (χ1v) is 7.35. The van der Waals surface area contributed by atoms with Crippen LogP contribution in [0.15, 0.2) is 22.7 Å². The number of thioether (sulfide) groups is 1. The van der Waals surface area contributed by atoms with Gasteiger partial charge in [-0.3, -0.25) is 9.59 Å². The first-order valence-electron chi connectivity index (χ1n) is 5.68. The molecule has 0 saturated carbocycles. The summed E-state index contributed by atoms with van der Waals surface area (Å²) < 4.78 is 0.669. The maximum Gasteiger partial charge on any atom is 0.228 e. The highest BCUT2D eigenvalue weighted by Crippen LogP contribution is 2.31. The van der Waals surface area contributed by atoms with Gasteiger partial charge in [0.2, 0.25) is 5.91 Å². The van der Waals surface area contributed by atoms with Crippen molar-refractivity contribution in [2.75, 3.05) is 11.4 Å². The maximum atomic E-state index is 12.0. The van der Waals surface area contributed by atoms with Crippen LogP contribution in [0, 0.1) is 11.3 Å². The van der Waals surface area contributed by atoms with Crippen LogP contribution in [0.2, 0.25) is 0 Å². The molecule has 98 valence electrons. The number of rotatable bonds is 2. The lowest BCUT2D eigenvalue weighted by molar-refractivity contribution is -0.117. The summed E-state index contributed by atoms with van der Waals surface area (Å²) >= 11 is 4.52. The van der Waals surface area contributed by atoms with Crippen LogP contribution < -0.4 is 4.90 Å². The van der Waals surface area contributed by atoms with Gasteiger partial charge in [-0.15, -0.1) is 0 Å². The molecular weight excluding hydrogens is 328 g/mol. The van der Waals surface area contributed by atoms with E-state index in [9.17, 15) is 9.59 Å². The summed E-state index contributed by atoms with van der Waals surface area (Å²) in [5.74, 6) is 0.00959. The Hall–Kier alpha value is -1.32. The Kier molecular flexibility index (Phi) is 4.27. The Morgan fingerprint density at radius 2 is 2.32 bits per heavy atom. The van der Waals surface area contributed by atoms with Gasteiger partial charge in [-0.2, -0.15) is 5.26 Å². The molecule has 1 aromatic carbocycles. The number of carbonyl (C=O) groups is 2. The molecule has 0 N–H and O–H groups in total. The molecule has 1 unspecified atom stereocenters. The van der Waals surface area contributed by atoms with Crippen molar-refractivity contribution >= 4 is 44.4 Å². The third-order valence-electron chi connectivity index (χ3n) is 2.81. The topological polar surface area (TPSA) is 61.2 Å². The highest BCUT2D eigenvalue weighted by molar-refractivity contribution is 9.10. The van der Waals surface area contributed by atoms with Crippen molar-refractivity contribution < 1.29 is 9.59 Å². The van der Waals surface area contributed by atoms with Gasteiger partial charge in [0.05, 0.1) is 5.56 Å². The van der Waals surface area contributed by atoms with Crippen LogP contribution in [-0.2, 0) is 9.59 Å². The smallest absolute Gasteiger partial charge is 0.228 e. The number of hydrogen-bond acceptors (Lipinski definition) is 4. The number of nitriles is 1. The lowest BCUT2D eigenvalue weighted by atomic mass is 10.2. The average Bonchev–Trinajstić information content (AvgIpc) is 2.69. The third-order valence-corrected chi connectivity index (χ3v) is 4.44. The summed E-state index contributed by atoms with van der Waals surface area (Å²) in [7, 11) is 0. The van der Waals surface area contributed by atoms with Crippen LogP contribution in [0.4, 0.5) is 5.69 Å². The zero-order chi connectivity index (χ0) is 14.0. The minimum atomic E-state index is 0.00959. The van der Waals surface area contributed by atoms with E-state index in [4.69, 9.17) is 5.26 Å². The zero-order valence-corrected chi connectivity index (χ0v) is 12.6. The number of benzene rings is 1. The molecule has 0 spiro atoms. The van der Waals surface area contributed by atoms with E-state index in [-0.39, 0.29) is 16.3 Å². The minimum absolute atomic E-state index is 0.00959. The Morgan fingerprint density at radius 3 is 2.89 bits per heavy atom. The number of hydrogen-bond donors (Lipinski definition) is 0. The standard InChI is InChI=1S/C13H11BrN2O2S/c1-8(17)19-11-5-13(18)16(7-11)10-3-2-9(6-15)12(14)4-10/h2-4,11H,5,7H2,1H3. The molecule has 1 heterocycles. The largest absolute Gasteiger partial charge is 0.311 e. The second-order valence-electron chi connectivity index (χ2n) is 4.22. The summed E-state index contributed by atoms with van der Waals surface area (Å²) in [6.07, 6.45) is 0.377. The maximum absolute atomic E-state index is 12.0. The van der Waals surface area contributed by atoms with Crippen molar-refractivity contribution in [2.24, 2.45) is 0 Å². The van der Waals surface area contributed by atoms with E-state index in [2.05, 4.69) is 22.0 Å². The molecule has 1 aliphatic heterocycles. The first-order chi connectivity index (χ1) is 9.01. The summed E-state index contributed by atoms with van der Waals surface area (Å²) in [4.78, 5) is 24.7. The number of amides is 1. The predicted molar refractivity (Wildman–Crippen MR) is 77.9 cm³/mol. The van der Waals surface area contributed by atoms with E-state index in [1.54, 1.807) is 23.1 Å². The third kappa shape index (κ3) is 3.17. The fourth-order valence-electron chi connectivity index (χ4n) is 2.00. The van der Waals surface area contributed by atoms with Crippen LogP contribution in [0.5, 0.6) is 0 Å². The van der Waals surface area contributed by atoms with Gasteiger partial charge in [-0.1, -0.05) is 11.8 Å². The van der Waals surface area contributed by atoms with E-state index in [0.717, 1.165) is 5.69 Å². The van der Waals surface area contributed by atoms with Crippen LogP contribution in [0.25, 0.3) is 0 Å². The Balaban J connectivity index is 2.19. The predicted octanol–water partition coefficient (Wildman–Crippen LogP) is 2.71. The Morgan fingerprint density at radius 1 is 1.58 bits per heavy atom. The first kappa shape index (κ1) is 14.1. The fraction of sp³-hybridized carbons (Fsp3) is 0.308. The van der Waals surface area contributed by atoms with Crippen molar-refractivity contribution in [1.82, 2.24) is 0 Å². The van der Waals surface area contributed by atoms with E-state index in [1.165, 1.54) is 18.7 Å². The monoisotopic (exact) mass is 338 g/mol. The molecule has 1 saturated heterocycles. The molecular formula is C13H11BrN2O2S. The lowest BCUT2D eigenvalue weighted by Gasteiger charge is -2.17. The molecule has 0 aliphatic carbocycles. The zero-order valence-electron chi connectivity index (χ0n) is 10.2. The van der Waals surface area contributed by atoms with Gasteiger partial charge < -0.3 is 4.90 Å². The quantitative estimate of drug-likeness (QED) is 0.831. The van der Waals surface area contributed by atoms with Gasteiger partial charge in [-0.25, -0.2) is 0 Å². The van der Waals surface area contributed by atoms with Crippen molar-refractivity contribution in [3.63, 3.8) is 0 Å². The molecule has 19 heavy (non-hydrogen) atoms. The van der Waals surface area contributed by atoms with Crippen molar-refractivity contribution in [3.8, 4) is 6.07 Å². The van der Waals surface area contributed by atoms with Crippen molar-refractivity contribution in [1.29, 1.82) is 5.26 Å². The molecule has 1 aliphatic rings. The summed E-state index contributed by atoms with van der Waals surface area (Å²) in [5, 5.41) is 8.91. The molecule has 1 fully saturated rings. The number of carbonyl (C=O) groups excluding carboxylic acids is 2. The van der Waals surface area contributed by atoms with Crippen LogP contribution in [0.1, 0.15) is 18.9 Å². The van der Waals surface area contributed by atoms with E-state index >= 15 is 0 Å². The van der Waals surface area contributed by atoms with Crippen LogP contribution in [-0.4, -0.2) is 22.8 Å². The molecule has 1 atom stereocenters. The summed E-state index contributed by atoms with van der Waals surface area (Å²) in [6.45, 7) is 2.04. The molecule has 0 radical (unpaired) electrons. The molecule has 2 rings (SSSR count). The van der Waals surface area contributed by atoms with Gasteiger partial charge in [-0.05, 0) is 34.1 Å². The van der Waals surface area contributed by atoms with Gasteiger partial charge in [0.25, 0.3) is 0 Å². The summed E-state index contributed by atoms with van der Waals surface area (Å²) in [5.41, 5.74) is 1.28. The minimum Gasteiger partial charge on any atom is -0.311 e. The van der Waals surface area contributed by atoms with Gasteiger partial charge in [0.1, 0.15) is 6.07 Å². The molecule has 6 heteroatoms. The molecule has 0 bridgehead atoms. The number of anilines is 1. The second-order valence-corrected chi connectivity index (χ2v) is 6.55. The SMILES string of the molecule is CC(=O)SC1CC(=O)N(c2ccc(C#N)c(Br)c2)C1. The normalized spacial score (nSPS) is 18.5. The van der Waals surface area contributed by atoms with Gasteiger partial charge >= 0.3 is 0 Å². The number of halogens is 1. The highest BCUT2D eigenvalue weighted by atomic mass is 79.9. The highest BCUT2D eigenvalue weighted by Gasteiger charge is 2.32. The lowest BCUT2D eigenvalue weighted by Crippen LogP contribution is -2.24. The fourth-order valence-corrected chi connectivity index (χ4v) is 3.37. The molecule has 4 nitrogen and oxygen atoms in total. The second kappa shape index (κ2) is 5.76. The molecule has 1 amide bonds. The van der Waals surface area contributed by atoms with Crippen molar-refractivity contribution in [2.45, 2.75) is 18.6 Å². The van der Waals surface area contributed by atoms with Crippen molar-refractivity contribution in [3.05, 3.63) is 28.2 Å². The Bertz CT molecular complexity index is 582. The van der Waals surface area contributed by atoms with E-state index < -0.39 is 0 Å². The van der Waals surface area contributed by atoms with Crippen LogP contribution >= 0.6 is 27.7 Å². The molecule has 0 aromatic heterocycles. The van der Waals surface area contributed by atoms with Gasteiger partial charge in [0, 0.05) is 35.3 Å². The summed E-state index contributed by atoms with van der Waals surface area (Å²) in [6, 6.07) is 7.25. The van der Waals surface area contributed by atoms with E-state index in [0.29, 0.717) is 23.0 Å². The van der Waals surface area contributed by atoms with Gasteiger partial charge in [0.15, 0.2) is 5.12 Å².